The van der Waals surface area contributed by atoms with Crippen LogP contribution in [0, 0.1) is 0 Å². The number of rotatable bonds is 8. The lowest BCUT2D eigenvalue weighted by atomic mass is 10.1. The Balaban J connectivity index is 2.91. The number of hydrogen-bond donors (Lipinski definition) is 0. The molecule has 0 bridgehead atoms. The molecular weight excluding hydrogens is 170 g/mol. The summed E-state index contributed by atoms with van der Waals surface area (Å²) in [5, 5.41) is 0. The molecule has 0 aliphatic carbocycles. The second kappa shape index (κ2) is 9.69. The molecule has 0 aromatic carbocycles. The van der Waals surface area contributed by atoms with Crippen LogP contribution in [0.4, 0.5) is 8.78 Å². The average Bonchev–Trinajstić information content (AvgIpc) is 2.09. The summed E-state index contributed by atoms with van der Waals surface area (Å²) in [4.78, 5) is 0. The molecule has 0 aliphatic heterocycles. The Morgan fingerprint density at radius 2 is 1.62 bits per heavy atom. The Labute approximate surface area is 80.0 Å². The van der Waals surface area contributed by atoms with Crippen LogP contribution in [0.5, 0.6) is 0 Å². The zero-order valence-corrected chi connectivity index (χ0v) is 8.44. The molecule has 0 aromatic rings. The molecule has 0 saturated carbocycles. The van der Waals surface area contributed by atoms with E-state index in [-0.39, 0.29) is 6.42 Å². The third kappa shape index (κ3) is 11.6. The SMILES string of the molecule is CC=CCCCCCCCC(F)F. The number of unbranched alkanes of at least 4 members (excludes halogenated alkanes) is 5. The van der Waals surface area contributed by atoms with Gasteiger partial charge in [0.2, 0.25) is 6.43 Å². The van der Waals surface area contributed by atoms with E-state index in [0.29, 0.717) is 6.42 Å². The second-order valence-electron chi connectivity index (χ2n) is 3.31. The van der Waals surface area contributed by atoms with Gasteiger partial charge in [0.1, 0.15) is 0 Å². The summed E-state index contributed by atoms with van der Waals surface area (Å²) in [5.74, 6) is 0. The Bertz CT molecular complexity index is 119. The van der Waals surface area contributed by atoms with Crippen LogP contribution in [-0.4, -0.2) is 6.43 Å². The maximum Gasteiger partial charge on any atom is 0.238 e. The van der Waals surface area contributed by atoms with E-state index >= 15 is 0 Å². The lowest BCUT2D eigenvalue weighted by Crippen LogP contribution is -1.89. The quantitative estimate of drug-likeness (QED) is 0.389. The van der Waals surface area contributed by atoms with Gasteiger partial charge in [0.05, 0.1) is 0 Å². The van der Waals surface area contributed by atoms with Crippen molar-refractivity contribution in [2.24, 2.45) is 0 Å². The molecule has 0 atom stereocenters. The van der Waals surface area contributed by atoms with Crippen LogP contribution in [0.25, 0.3) is 0 Å². The zero-order chi connectivity index (χ0) is 9.94. The summed E-state index contributed by atoms with van der Waals surface area (Å²) < 4.78 is 23.4. The molecule has 2 heteroatoms. The summed E-state index contributed by atoms with van der Waals surface area (Å²) in [5.41, 5.74) is 0. The molecular formula is C11H20F2. The van der Waals surface area contributed by atoms with Crippen LogP contribution in [0.15, 0.2) is 12.2 Å². The molecule has 0 heterocycles. The highest BCUT2D eigenvalue weighted by Crippen LogP contribution is 2.10. The van der Waals surface area contributed by atoms with Gasteiger partial charge in [-0.3, -0.25) is 0 Å². The lowest BCUT2D eigenvalue weighted by molar-refractivity contribution is 0.133. The molecule has 13 heavy (non-hydrogen) atoms. The van der Waals surface area contributed by atoms with Crippen molar-refractivity contribution >= 4 is 0 Å². The minimum absolute atomic E-state index is 0.0782. The van der Waals surface area contributed by atoms with E-state index in [2.05, 4.69) is 12.2 Å². The molecule has 0 rings (SSSR count). The van der Waals surface area contributed by atoms with Gasteiger partial charge in [-0.25, -0.2) is 8.78 Å². The minimum Gasteiger partial charge on any atom is -0.211 e. The van der Waals surface area contributed by atoms with Crippen molar-refractivity contribution in [1.29, 1.82) is 0 Å². The van der Waals surface area contributed by atoms with Gasteiger partial charge in [-0.05, 0) is 26.2 Å². The van der Waals surface area contributed by atoms with Gasteiger partial charge in [-0.2, -0.15) is 0 Å². The van der Waals surface area contributed by atoms with E-state index in [0.717, 1.165) is 19.3 Å². The maximum absolute atomic E-state index is 11.7. The van der Waals surface area contributed by atoms with Crippen LogP contribution in [0.3, 0.4) is 0 Å². The summed E-state index contributed by atoms with van der Waals surface area (Å²) >= 11 is 0. The smallest absolute Gasteiger partial charge is 0.211 e. The van der Waals surface area contributed by atoms with Gasteiger partial charge in [0.15, 0.2) is 0 Å². The van der Waals surface area contributed by atoms with Crippen LogP contribution in [0.1, 0.15) is 51.9 Å². The van der Waals surface area contributed by atoms with Gasteiger partial charge in [0, 0.05) is 6.42 Å². The summed E-state index contributed by atoms with van der Waals surface area (Å²) in [6.45, 7) is 2.02. The van der Waals surface area contributed by atoms with E-state index in [4.69, 9.17) is 0 Å². The third-order valence-electron chi connectivity index (χ3n) is 2.03. The number of alkyl halides is 2. The Kier molecular flexibility index (Phi) is 9.39. The van der Waals surface area contributed by atoms with Gasteiger partial charge >= 0.3 is 0 Å². The Morgan fingerprint density at radius 1 is 1.00 bits per heavy atom. The highest BCUT2D eigenvalue weighted by molar-refractivity contribution is 4.76. The first kappa shape index (κ1) is 12.6. The van der Waals surface area contributed by atoms with Gasteiger partial charge in [-0.15, -0.1) is 0 Å². The lowest BCUT2D eigenvalue weighted by Gasteiger charge is -1.99. The molecule has 0 aromatic heterocycles. The third-order valence-corrected chi connectivity index (χ3v) is 2.03. The maximum atomic E-state index is 11.7. The highest BCUT2D eigenvalue weighted by Gasteiger charge is 2.00. The molecule has 0 nitrogen and oxygen atoms in total. The number of allylic oxidation sites excluding steroid dienone is 2. The summed E-state index contributed by atoms with van der Waals surface area (Å²) in [7, 11) is 0. The normalized spacial score (nSPS) is 11.7. The van der Waals surface area contributed by atoms with E-state index in [1.165, 1.54) is 12.8 Å². The van der Waals surface area contributed by atoms with Crippen LogP contribution >= 0.6 is 0 Å². The van der Waals surface area contributed by atoms with Crippen molar-refractivity contribution < 1.29 is 8.78 Å². The van der Waals surface area contributed by atoms with Crippen molar-refractivity contribution in [2.45, 2.75) is 58.3 Å². The summed E-state index contributed by atoms with van der Waals surface area (Å²) in [6.07, 6.45) is 8.41. The molecule has 0 spiro atoms. The van der Waals surface area contributed by atoms with Crippen LogP contribution in [0.2, 0.25) is 0 Å². The Hall–Kier alpha value is -0.400. The molecule has 0 N–H and O–H groups in total. The van der Waals surface area contributed by atoms with Crippen LogP contribution in [-0.2, 0) is 0 Å². The molecule has 0 saturated heterocycles. The highest BCUT2D eigenvalue weighted by atomic mass is 19.3. The van der Waals surface area contributed by atoms with E-state index in [1.54, 1.807) is 0 Å². The zero-order valence-electron chi connectivity index (χ0n) is 8.44. The first-order chi connectivity index (χ1) is 6.27. The fourth-order valence-corrected chi connectivity index (χ4v) is 1.26. The fraction of sp³-hybridized carbons (Fsp3) is 0.818. The fourth-order valence-electron chi connectivity index (χ4n) is 1.26. The number of halogens is 2. The van der Waals surface area contributed by atoms with E-state index in [9.17, 15) is 8.78 Å². The van der Waals surface area contributed by atoms with E-state index < -0.39 is 6.43 Å². The van der Waals surface area contributed by atoms with Crippen molar-refractivity contribution in [2.75, 3.05) is 0 Å². The van der Waals surface area contributed by atoms with Gasteiger partial charge < -0.3 is 0 Å². The van der Waals surface area contributed by atoms with E-state index in [1.807, 2.05) is 6.92 Å². The first-order valence-electron chi connectivity index (χ1n) is 5.16. The topological polar surface area (TPSA) is 0 Å². The predicted molar refractivity (Wildman–Crippen MR) is 53.1 cm³/mol. The molecule has 0 fully saturated rings. The molecule has 0 amide bonds. The van der Waals surface area contributed by atoms with Crippen molar-refractivity contribution in [3.05, 3.63) is 12.2 Å². The van der Waals surface area contributed by atoms with Crippen LogP contribution < -0.4 is 0 Å². The first-order valence-corrected chi connectivity index (χ1v) is 5.16. The minimum atomic E-state index is -2.11. The largest absolute Gasteiger partial charge is 0.238 e. The molecule has 0 radical (unpaired) electrons. The summed E-state index contributed by atoms with van der Waals surface area (Å²) in [6, 6.07) is 0. The second-order valence-corrected chi connectivity index (χ2v) is 3.31. The Morgan fingerprint density at radius 3 is 2.23 bits per heavy atom. The molecule has 78 valence electrons. The monoisotopic (exact) mass is 190 g/mol. The van der Waals surface area contributed by atoms with Crippen molar-refractivity contribution in [1.82, 2.24) is 0 Å². The average molecular weight is 190 g/mol. The molecule has 0 unspecified atom stereocenters. The standard InChI is InChI=1S/C11H20F2/c1-2-3-4-5-6-7-8-9-10-11(12)13/h2-3,11H,4-10H2,1H3. The van der Waals surface area contributed by atoms with Gasteiger partial charge in [0.25, 0.3) is 0 Å². The van der Waals surface area contributed by atoms with Gasteiger partial charge in [-0.1, -0.05) is 31.4 Å². The van der Waals surface area contributed by atoms with Crippen molar-refractivity contribution in [3.8, 4) is 0 Å². The van der Waals surface area contributed by atoms with Crippen molar-refractivity contribution in [3.63, 3.8) is 0 Å². The number of hydrogen-bond acceptors (Lipinski definition) is 0. The predicted octanol–water partition coefficient (Wildman–Crippen LogP) is 4.56. The molecule has 0 aliphatic rings.